The summed E-state index contributed by atoms with van der Waals surface area (Å²) in [6.45, 7) is 27.9. The van der Waals surface area contributed by atoms with E-state index in [2.05, 4.69) is 220 Å². The summed E-state index contributed by atoms with van der Waals surface area (Å²) in [5, 5.41) is 1.33. The van der Waals surface area contributed by atoms with Crippen molar-refractivity contribution < 1.29 is 0 Å². The van der Waals surface area contributed by atoms with Gasteiger partial charge in [0.2, 0.25) is 0 Å². The van der Waals surface area contributed by atoms with Crippen LogP contribution in [0.5, 0.6) is 0 Å². The molecule has 0 fully saturated rings. The molecule has 1 aromatic heterocycles. The van der Waals surface area contributed by atoms with E-state index in [0.717, 1.165) is 0 Å². The molecule has 292 valence electrons. The number of fused-ring (bicyclic) bond motifs is 5. The minimum Gasteiger partial charge on any atom is -0.311 e. The van der Waals surface area contributed by atoms with E-state index >= 15 is 0 Å². The molecule has 6 aromatic carbocycles. The van der Waals surface area contributed by atoms with Crippen LogP contribution in [-0.2, 0) is 21.7 Å². The summed E-state index contributed by atoms with van der Waals surface area (Å²) in [6, 6.07) is 49.3. The van der Waals surface area contributed by atoms with Gasteiger partial charge in [0.15, 0.2) is 0 Å². The van der Waals surface area contributed by atoms with Crippen molar-refractivity contribution in [2.45, 2.75) is 105 Å². The highest BCUT2D eigenvalue weighted by atomic mass is 32.1. The van der Waals surface area contributed by atoms with E-state index in [1.165, 1.54) is 93.3 Å². The topological polar surface area (TPSA) is 6.48 Å². The summed E-state index contributed by atoms with van der Waals surface area (Å²) in [5.41, 5.74) is 18.1. The zero-order valence-corrected chi connectivity index (χ0v) is 37.3. The van der Waals surface area contributed by atoms with Gasteiger partial charge < -0.3 is 9.80 Å². The van der Waals surface area contributed by atoms with Crippen molar-refractivity contribution in [3.05, 3.63) is 149 Å². The number of anilines is 6. The van der Waals surface area contributed by atoms with E-state index in [4.69, 9.17) is 0 Å². The standard InChI is InChI=1S/C54H57BN2S/c1-51(2,3)36-21-25-39(26-22-36)56-44-28-24-38(53(7,8)9)32-42(44)55-41-29-35-30-49(54(10,11)12)58-48(35)33-47(41)57(46-20-16-19-45(56)50(46)55)43-27-23-37(52(4,5)6)31-40(43)34-17-14-13-15-18-34/h13-33H,1-12H3. The van der Waals surface area contributed by atoms with Crippen molar-refractivity contribution in [3.63, 3.8) is 0 Å². The molecule has 0 bridgehead atoms. The Kier molecular flexibility index (Phi) is 8.77. The third kappa shape index (κ3) is 6.40. The lowest BCUT2D eigenvalue weighted by Gasteiger charge is -2.45. The van der Waals surface area contributed by atoms with Crippen molar-refractivity contribution in [1.82, 2.24) is 0 Å². The number of nitrogens with zero attached hydrogens (tertiary/aromatic N) is 2. The second-order valence-corrected chi connectivity index (χ2v) is 21.9. The van der Waals surface area contributed by atoms with E-state index < -0.39 is 0 Å². The maximum absolute atomic E-state index is 2.61. The van der Waals surface area contributed by atoms with Crippen molar-refractivity contribution in [3.8, 4) is 11.1 Å². The molecule has 58 heavy (non-hydrogen) atoms. The number of hydrogen-bond acceptors (Lipinski definition) is 3. The molecule has 7 aromatic rings. The zero-order valence-electron chi connectivity index (χ0n) is 36.5. The van der Waals surface area contributed by atoms with Gasteiger partial charge in [-0.25, -0.2) is 0 Å². The van der Waals surface area contributed by atoms with Crippen molar-refractivity contribution in [2.75, 3.05) is 9.80 Å². The predicted octanol–water partition coefficient (Wildman–Crippen LogP) is 13.8. The lowest BCUT2D eigenvalue weighted by Crippen LogP contribution is -2.61. The first-order valence-corrected chi connectivity index (χ1v) is 21.9. The minimum atomic E-state index is -0.00411. The number of thiophene rings is 1. The van der Waals surface area contributed by atoms with Crippen LogP contribution < -0.4 is 26.2 Å². The molecule has 0 saturated carbocycles. The van der Waals surface area contributed by atoms with Crippen LogP contribution >= 0.6 is 11.3 Å². The largest absolute Gasteiger partial charge is 0.311 e. The molecular weight excluding hydrogens is 719 g/mol. The van der Waals surface area contributed by atoms with Crippen LogP contribution in [0.4, 0.5) is 34.1 Å². The van der Waals surface area contributed by atoms with Crippen LogP contribution in [0, 0.1) is 0 Å². The molecule has 0 saturated heterocycles. The minimum absolute atomic E-state index is 0.00285. The fourth-order valence-corrected chi connectivity index (χ4v) is 10.1. The summed E-state index contributed by atoms with van der Waals surface area (Å²) in [6.07, 6.45) is 0. The SMILES string of the molecule is CC(C)(C)c1ccc(N2c3ccc(C(C)(C)C)cc3B3c4cc5cc(C(C)(C)C)sc5cc4N(c4ccc(C(C)(C)C)cc4-c4ccccc4)c4cccc2c43)cc1. The van der Waals surface area contributed by atoms with Crippen LogP contribution in [0.3, 0.4) is 0 Å². The molecule has 0 unspecified atom stereocenters. The van der Waals surface area contributed by atoms with Gasteiger partial charge in [-0.2, -0.15) is 0 Å². The van der Waals surface area contributed by atoms with Crippen LogP contribution in [0.2, 0.25) is 0 Å². The molecule has 3 heterocycles. The van der Waals surface area contributed by atoms with Gasteiger partial charge in [-0.1, -0.05) is 156 Å². The molecule has 0 aliphatic carbocycles. The van der Waals surface area contributed by atoms with Gasteiger partial charge in [-0.15, -0.1) is 11.3 Å². The molecule has 0 N–H and O–H groups in total. The molecule has 4 heteroatoms. The summed E-state index contributed by atoms with van der Waals surface area (Å²) in [4.78, 5) is 6.56. The summed E-state index contributed by atoms with van der Waals surface area (Å²) in [7, 11) is 0. The van der Waals surface area contributed by atoms with Crippen molar-refractivity contribution in [2.24, 2.45) is 0 Å². The van der Waals surface area contributed by atoms with Gasteiger partial charge in [0.1, 0.15) is 0 Å². The maximum atomic E-state index is 2.61. The monoisotopic (exact) mass is 776 g/mol. The summed E-state index contributed by atoms with van der Waals surface area (Å²) < 4.78 is 1.33. The van der Waals surface area contributed by atoms with E-state index in [-0.39, 0.29) is 28.4 Å². The Morgan fingerprint density at radius 1 is 0.431 bits per heavy atom. The summed E-state index contributed by atoms with van der Waals surface area (Å²) in [5.74, 6) is 0. The number of hydrogen-bond donors (Lipinski definition) is 0. The second kappa shape index (κ2) is 13.2. The third-order valence-electron chi connectivity index (χ3n) is 12.4. The fraction of sp³-hybridized carbons (Fsp3) is 0.296. The quantitative estimate of drug-likeness (QED) is 0.165. The van der Waals surface area contributed by atoms with Crippen LogP contribution in [0.1, 0.15) is 105 Å². The predicted molar refractivity (Wildman–Crippen MR) is 256 cm³/mol. The fourth-order valence-electron chi connectivity index (χ4n) is 9.00. The zero-order chi connectivity index (χ0) is 41.1. The normalized spacial score (nSPS) is 14.1. The van der Waals surface area contributed by atoms with E-state index in [1.54, 1.807) is 0 Å². The highest BCUT2D eigenvalue weighted by Crippen LogP contribution is 2.49. The van der Waals surface area contributed by atoms with Crippen LogP contribution in [-0.4, -0.2) is 6.71 Å². The Morgan fingerprint density at radius 2 is 1.00 bits per heavy atom. The summed E-state index contributed by atoms with van der Waals surface area (Å²) >= 11 is 1.94. The first-order valence-electron chi connectivity index (χ1n) is 21.1. The molecule has 2 aliphatic heterocycles. The first-order chi connectivity index (χ1) is 27.3. The van der Waals surface area contributed by atoms with Gasteiger partial charge in [-0.05, 0) is 120 Å². The molecule has 2 aliphatic rings. The molecule has 2 nitrogen and oxygen atoms in total. The Morgan fingerprint density at radius 3 is 1.62 bits per heavy atom. The van der Waals surface area contributed by atoms with Gasteiger partial charge in [0, 0.05) is 43.6 Å². The number of benzene rings is 6. The maximum Gasteiger partial charge on any atom is 0.252 e. The van der Waals surface area contributed by atoms with E-state index in [0.29, 0.717) is 0 Å². The molecule has 0 amide bonds. The van der Waals surface area contributed by atoms with Crippen molar-refractivity contribution in [1.29, 1.82) is 0 Å². The Labute approximate surface area is 351 Å². The Hall–Kier alpha value is -5.06. The molecule has 0 spiro atoms. The van der Waals surface area contributed by atoms with Gasteiger partial charge in [0.05, 0.1) is 5.69 Å². The Balaban J connectivity index is 1.39. The van der Waals surface area contributed by atoms with Gasteiger partial charge >= 0.3 is 0 Å². The van der Waals surface area contributed by atoms with Gasteiger partial charge in [0.25, 0.3) is 6.71 Å². The Bertz CT molecular complexity index is 2710. The molecule has 0 atom stereocenters. The average molecular weight is 777 g/mol. The van der Waals surface area contributed by atoms with Crippen molar-refractivity contribution >= 4 is 78.6 Å². The van der Waals surface area contributed by atoms with E-state index in [1.807, 2.05) is 11.3 Å². The molecule has 9 rings (SSSR count). The van der Waals surface area contributed by atoms with Gasteiger partial charge in [-0.3, -0.25) is 0 Å². The van der Waals surface area contributed by atoms with Crippen LogP contribution in [0.15, 0.2) is 127 Å². The average Bonchev–Trinajstić information content (AvgIpc) is 3.60. The molecular formula is C54H57BN2S. The highest BCUT2D eigenvalue weighted by molar-refractivity contribution is 7.19. The van der Waals surface area contributed by atoms with E-state index in [9.17, 15) is 0 Å². The second-order valence-electron chi connectivity index (χ2n) is 20.8. The first kappa shape index (κ1) is 38.5. The smallest absolute Gasteiger partial charge is 0.252 e. The third-order valence-corrected chi connectivity index (χ3v) is 13.9. The lowest BCUT2D eigenvalue weighted by molar-refractivity contribution is 0.590. The number of rotatable bonds is 3. The highest BCUT2D eigenvalue weighted by Gasteiger charge is 2.44. The lowest BCUT2D eigenvalue weighted by atomic mass is 9.33. The van der Waals surface area contributed by atoms with Crippen LogP contribution in [0.25, 0.3) is 21.2 Å². The molecule has 0 radical (unpaired) electrons.